The van der Waals surface area contributed by atoms with Gasteiger partial charge in [-0.2, -0.15) is 0 Å². The molecular weight excluding hydrogens is 363 g/mol. The van der Waals surface area contributed by atoms with Crippen molar-refractivity contribution in [2.75, 3.05) is 5.32 Å². The molecule has 0 saturated carbocycles. The lowest BCUT2D eigenvalue weighted by Gasteiger charge is -2.18. The molecule has 1 aromatic carbocycles. The van der Waals surface area contributed by atoms with Gasteiger partial charge in [0.15, 0.2) is 5.78 Å². The molecule has 2 aromatic rings. The SMILES string of the molecule is CC(=O)c1c(Nc2ccc(Br)cc2F)c(C)c(=O)n2c1CCC2. The third-order valence-electron chi connectivity index (χ3n) is 4.14. The van der Waals surface area contributed by atoms with E-state index in [2.05, 4.69) is 21.2 Å². The van der Waals surface area contributed by atoms with E-state index in [0.29, 0.717) is 34.3 Å². The van der Waals surface area contributed by atoms with E-state index in [9.17, 15) is 14.0 Å². The Morgan fingerprint density at radius 3 is 2.78 bits per heavy atom. The average molecular weight is 379 g/mol. The predicted molar refractivity (Wildman–Crippen MR) is 91.1 cm³/mol. The van der Waals surface area contributed by atoms with E-state index in [1.165, 1.54) is 13.0 Å². The molecule has 0 saturated heterocycles. The molecule has 0 spiro atoms. The summed E-state index contributed by atoms with van der Waals surface area (Å²) in [4.78, 5) is 24.7. The molecule has 3 rings (SSSR count). The van der Waals surface area contributed by atoms with Gasteiger partial charge >= 0.3 is 0 Å². The highest BCUT2D eigenvalue weighted by atomic mass is 79.9. The molecule has 1 aliphatic heterocycles. The number of halogens is 2. The maximum atomic E-state index is 14.1. The Labute approximate surface area is 141 Å². The van der Waals surface area contributed by atoms with Gasteiger partial charge in [-0.25, -0.2) is 4.39 Å². The fraction of sp³-hybridized carbons (Fsp3) is 0.294. The van der Waals surface area contributed by atoms with E-state index in [1.807, 2.05) is 0 Å². The molecule has 0 radical (unpaired) electrons. The Balaban J connectivity index is 2.21. The maximum absolute atomic E-state index is 14.1. The number of benzene rings is 1. The van der Waals surface area contributed by atoms with Gasteiger partial charge in [-0.1, -0.05) is 15.9 Å². The van der Waals surface area contributed by atoms with E-state index in [0.717, 1.165) is 12.1 Å². The second-order valence-corrected chi connectivity index (χ2v) is 6.60. The molecule has 1 aliphatic rings. The van der Waals surface area contributed by atoms with Crippen molar-refractivity contribution < 1.29 is 9.18 Å². The first-order valence-electron chi connectivity index (χ1n) is 7.39. The van der Waals surface area contributed by atoms with Crippen LogP contribution in [0.15, 0.2) is 27.5 Å². The minimum atomic E-state index is -0.450. The molecule has 0 bridgehead atoms. The second kappa shape index (κ2) is 5.92. The van der Waals surface area contributed by atoms with Gasteiger partial charge in [0.1, 0.15) is 5.82 Å². The van der Waals surface area contributed by atoms with E-state index in [4.69, 9.17) is 0 Å². The largest absolute Gasteiger partial charge is 0.352 e. The molecule has 6 heteroatoms. The number of pyridine rings is 1. The van der Waals surface area contributed by atoms with Crippen LogP contribution < -0.4 is 10.9 Å². The lowest BCUT2D eigenvalue weighted by atomic mass is 10.0. The number of hydrogen-bond donors (Lipinski definition) is 1. The molecule has 0 unspecified atom stereocenters. The van der Waals surface area contributed by atoms with Crippen LogP contribution in [0.25, 0.3) is 0 Å². The first kappa shape index (κ1) is 15.9. The van der Waals surface area contributed by atoms with Crippen LogP contribution in [0, 0.1) is 12.7 Å². The minimum Gasteiger partial charge on any atom is -0.352 e. The van der Waals surface area contributed by atoms with Crippen LogP contribution in [-0.2, 0) is 13.0 Å². The van der Waals surface area contributed by atoms with Gasteiger partial charge in [-0.05, 0) is 44.9 Å². The number of aromatic nitrogens is 1. The molecule has 0 aliphatic carbocycles. The van der Waals surface area contributed by atoms with Crippen molar-refractivity contribution >= 4 is 33.1 Å². The van der Waals surface area contributed by atoms with Gasteiger partial charge in [-0.3, -0.25) is 9.59 Å². The van der Waals surface area contributed by atoms with Crippen molar-refractivity contribution in [2.45, 2.75) is 33.2 Å². The normalized spacial score (nSPS) is 13.0. The molecule has 120 valence electrons. The lowest BCUT2D eigenvalue weighted by Crippen LogP contribution is -2.26. The Morgan fingerprint density at radius 1 is 1.39 bits per heavy atom. The highest BCUT2D eigenvalue weighted by Crippen LogP contribution is 2.31. The van der Waals surface area contributed by atoms with Crippen LogP contribution in [0.1, 0.15) is 35.0 Å². The van der Waals surface area contributed by atoms with Crippen LogP contribution in [0.2, 0.25) is 0 Å². The van der Waals surface area contributed by atoms with Crippen LogP contribution in [0.4, 0.5) is 15.8 Å². The highest BCUT2D eigenvalue weighted by molar-refractivity contribution is 9.10. The topological polar surface area (TPSA) is 51.1 Å². The van der Waals surface area contributed by atoms with Gasteiger partial charge in [0, 0.05) is 22.3 Å². The number of Topliss-reactive ketones (excluding diaryl/α,β-unsaturated/α-hetero) is 1. The smallest absolute Gasteiger partial charge is 0.255 e. The molecule has 1 N–H and O–H groups in total. The first-order chi connectivity index (χ1) is 10.9. The second-order valence-electron chi connectivity index (χ2n) is 5.69. The Bertz CT molecular complexity index is 874. The van der Waals surface area contributed by atoms with E-state index in [-0.39, 0.29) is 17.0 Å². The van der Waals surface area contributed by atoms with Crippen LogP contribution in [0.5, 0.6) is 0 Å². The standard InChI is InChI=1S/C17H16BrFN2O2/c1-9-16(20-13-6-5-11(18)8-12(13)19)15(10(2)22)14-4-3-7-21(14)17(9)23/h5-6,8,20H,3-4,7H2,1-2H3. The van der Waals surface area contributed by atoms with Crippen molar-refractivity contribution in [3.63, 3.8) is 0 Å². The summed E-state index contributed by atoms with van der Waals surface area (Å²) in [5, 5.41) is 2.96. The summed E-state index contributed by atoms with van der Waals surface area (Å²) < 4.78 is 16.4. The van der Waals surface area contributed by atoms with Gasteiger partial charge in [0.05, 0.1) is 16.9 Å². The fourth-order valence-electron chi connectivity index (χ4n) is 3.06. The van der Waals surface area contributed by atoms with Crippen molar-refractivity contribution in [2.24, 2.45) is 0 Å². The molecule has 2 heterocycles. The van der Waals surface area contributed by atoms with E-state index >= 15 is 0 Å². The number of nitrogens with one attached hydrogen (secondary N) is 1. The zero-order valence-electron chi connectivity index (χ0n) is 12.9. The molecule has 0 amide bonds. The summed E-state index contributed by atoms with van der Waals surface area (Å²) in [6, 6.07) is 4.62. The number of ketones is 1. The molecule has 23 heavy (non-hydrogen) atoms. The summed E-state index contributed by atoms with van der Waals surface area (Å²) in [5.74, 6) is -0.576. The van der Waals surface area contributed by atoms with Crippen molar-refractivity contribution in [1.29, 1.82) is 0 Å². The summed E-state index contributed by atoms with van der Waals surface area (Å²) in [6.07, 6.45) is 1.52. The monoisotopic (exact) mass is 378 g/mol. The maximum Gasteiger partial charge on any atom is 0.255 e. The number of nitrogens with zero attached hydrogens (tertiary/aromatic N) is 1. The Kier molecular flexibility index (Phi) is 4.10. The summed E-state index contributed by atoms with van der Waals surface area (Å²) in [7, 11) is 0. The third-order valence-corrected chi connectivity index (χ3v) is 4.64. The number of carbonyl (C=O) groups is 1. The van der Waals surface area contributed by atoms with Crippen LogP contribution in [0.3, 0.4) is 0 Å². The molecule has 1 aromatic heterocycles. The quantitative estimate of drug-likeness (QED) is 0.822. The van der Waals surface area contributed by atoms with Crippen molar-refractivity contribution in [3.05, 3.63) is 55.7 Å². The number of anilines is 2. The van der Waals surface area contributed by atoms with Crippen molar-refractivity contribution in [3.8, 4) is 0 Å². The number of fused-ring (bicyclic) bond motifs is 1. The molecular formula is C17H16BrFN2O2. The van der Waals surface area contributed by atoms with Gasteiger partial charge in [0.2, 0.25) is 0 Å². The van der Waals surface area contributed by atoms with Gasteiger partial charge in [0.25, 0.3) is 5.56 Å². The van der Waals surface area contributed by atoms with Gasteiger partial charge in [-0.15, -0.1) is 0 Å². The number of rotatable bonds is 3. The van der Waals surface area contributed by atoms with Gasteiger partial charge < -0.3 is 9.88 Å². The summed E-state index contributed by atoms with van der Waals surface area (Å²) in [6.45, 7) is 3.77. The lowest BCUT2D eigenvalue weighted by molar-refractivity contribution is 0.101. The zero-order chi connectivity index (χ0) is 16.7. The third kappa shape index (κ3) is 2.72. The number of carbonyl (C=O) groups excluding carboxylic acids is 1. The molecule has 0 fully saturated rings. The fourth-order valence-corrected chi connectivity index (χ4v) is 3.39. The average Bonchev–Trinajstić information content (AvgIpc) is 2.96. The predicted octanol–water partition coefficient (Wildman–Crippen LogP) is 3.95. The minimum absolute atomic E-state index is 0.123. The summed E-state index contributed by atoms with van der Waals surface area (Å²) in [5.41, 5.74) is 2.19. The van der Waals surface area contributed by atoms with Crippen LogP contribution >= 0.6 is 15.9 Å². The summed E-state index contributed by atoms with van der Waals surface area (Å²) >= 11 is 3.21. The first-order valence-corrected chi connectivity index (χ1v) is 8.18. The highest BCUT2D eigenvalue weighted by Gasteiger charge is 2.25. The zero-order valence-corrected chi connectivity index (χ0v) is 14.5. The number of hydrogen-bond acceptors (Lipinski definition) is 3. The van der Waals surface area contributed by atoms with Crippen molar-refractivity contribution in [1.82, 2.24) is 4.57 Å². The Morgan fingerprint density at radius 2 is 2.13 bits per heavy atom. The Hall–Kier alpha value is -1.95. The molecule has 0 atom stereocenters. The van der Waals surface area contributed by atoms with Crippen LogP contribution in [-0.4, -0.2) is 10.4 Å². The molecule has 4 nitrogen and oxygen atoms in total. The van der Waals surface area contributed by atoms with E-state index in [1.54, 1.807) is 23.6 Å². The van der Waals surface area contributed by atoms with E-state index < -0.39 is 5.82 Å².